The van der Waals surface area contributed by atoms with Crippen molar-refractivity contribution in [1.29, 1.82) is 0 Å². The van der Waals surface area contributed by atoms with Crippen LogP contribution in [0.2, 0.25) is 0 Å². The summed E-state index contributed by atoms with van der Waals surface area (Å²) in [5.41, 5.74) is 1.40. The number of nitrogens with one attached hydrogen (secondary N) is 1. The summed E-state index contributed by atoms with van der Waals surface area (Å²) in [6.07, 6.45) is 0. The Morgan fingerprint density at radius 2 is 2.05 bits per heavy atom. The number of rotatable bonds is 4. The molecule has 5 nitrogen and oxygen atoms in total. The van der Waals surface area contributed by atoms with Gasteiger partial charge in [0.2, 0.25) is 11.8 Å². The molecule has 108 valence electrons. The first-order valence-electron chi connectivity index (χ1n) is 6.67. The quantitative estimate of drug-likeness (QED) is 0.929. The van der Waals surface area contributed by atoms with Crippen molar-refractivity contribution in [3.05, 3.63) is 30.2 Å². The van der Waals surface area contributed by atoms with Crippen LogP contribution in [-0.4, -0.2) is 34.9 Å². The number of likely N-dealkylation sites (N-methyl/N-ethyl adjacent to an activating group) is 1. The molecule has 0 bridgehead atoms. The lowest BCUT2D eigenvalue weighted by molar-refractivity contribution is -0.123. The van der Waals surface area contributed by atoms with Gasteiger partial charge in [0.15, 0.2) is 5.58 Å². The molecule has 0 atom stereocenters. The van der Waals surface area contributed by atoms with Crippen molar-refractivity contribution in [2.75, 3.05) is 13.6 Å². The fourth-order valence-corrected chi connectivity index (χ4v) is 1.98. The van der Waals surface area contributed by atoms with Gasteiger partial charge in [-0.05, 0) is 40.0 Å². The zero-order chi connectivity index (χ0) is 14.8. The van der Waals surface area contributed by atoms with Crippen LogP contribution in [-0.2, 0) is 11.3 Å². The number of oxazole rings is 1. The third-order valence-electron chi connectivity index (χ3n) is 2.67. The van der Waals surface area contributed by atoms with Crippen LogP contribution in [0.25, 0.3) is 11.1 Å². The average molecular weight is 275 g/mol. The van der Waals surface area contributed by atoms with Crippen LogP contribution in [0.5, 0.6) is 0 Å². The number of aromatic nitrogens is 1. The van der Waals surface area contributed by atoms with Crippen molar-refractivity contribution in [3.63, 3.8) is 0 Å². The molecule has 0 radical (unpaired) electrons. The van der Waals surface area contributed by atoms with Gasteiger partial charge in [-0.3, -0.25) is 9.69 Å². The first-order chi connectivity index (χ1) is 9.33. The van der Waals surface area contributed by atoms with Crippen LogP contribution in [0.3, 0.4) is 0 Å². The molecule has 0 saturated carbocycles. The van der Waals surface area contributed by atoms with Crippen LogP contribution in [0.15, 0.2) is 28.7 Å². The zero-order valence-corrected chi connectivity index (χ0v) is 12.4. The zero-order valence-electron chi connectivity index (χ0n) is 12.4. The summed E-state index contributed by atoms with van der Waals surface area (Å²) in [6, 6.07) is 7.64. The lowest BCUT2D eigenvalue weighted by atomic mass is 10.1. The Labute approximate surface area is 119 Å². The highest BCUT2D eigenvalue weighted by atomic mass is 16.3. The van der Waals surface area contributed by atoms with Gasteiger partial charge in [0, 0.05) is 5.54 Å². The summed E-state index contributed by atoms with van der Waals surface area (Å²) in [5.74, 6) is 0.619. The van der Waals surface area contributed by atoms with Crippen molar-refractivity contribution in [3.8, 4) is 0 Å². The van der Waals surface area contributed by atoms with Gasteiger partial charge in [0.1, 0.15) is 5.52 Å². The van der Waals surface area contributed by atoms with E-state index in [4.69, 9.17) is 4.42 Å². The Hall–Kier alpha value is -1.88. The van der Waals surface area contributed by atoms with Crippen LogP contribution >= 0.6 is 0 Å². The third-order valence-corrected chi connectivity index (χ3v) is 2.67. The molecule has 0 fully saturated rings. The van der Waals surface area contributed by atoms with Gasteiger partial charge in [0.25, 0.3) is 0 Å². The number of nitrogens with zero attached hydrogens (tertiary/aromatic N) is 2. The molecule has 0 unspecified atom stereocenters. The number of benzene rings is 1. The van der Waals surface area contributed by atoms with E-state index in [0.717, 1.165) is 11.1 Å². The molecule has 1 amide bonds. The minimum Gasteiger partial charge on any atom is -0.439 e. The van der Waals surface area contributed by atoms with E-state index in [1.807, 2.05) is 57.0 Å². The number of amides is 1. The first kappa shape index (κ1) is 14.5. The second-order valence-corrected chi connectivity index (χ2v) is 6.05. The van der Waals surface area contributed by atoms with Crippen molar-refractivity contribution in [1.82, 2.24) is 15.2 Å². The normalized spacial score (nSPS) is 12.1. The fourth-order valence-electron chi connectivity index (χ4n) is 1.98. The van der Waals surface area contributed by atoms with E-state index >= 15 is 0 Å². The Bertz CT molecular complexity index is 565. The van der Waals surface area contributed by atoms with Crippen LogP contribution in [0.1, 0.15) is 26.7 Å². The molecular formula is C15H21N3O2. The molecule has 0 aliphatic rings. The smallest absolute Gasteiger partial charge is 0.234 e. The standard InChI is InChI=1S/C15H21N3O2/c1-15(2,3)17-13(19)9-18(4)10-14-16-11-7-5-6-8-12(11)20-14/h5-8H,9-10H2,1-4H3,(H,17,19). The molecule has 2 rings (SSSR count). The summed E-state index contributed by atoms with van der Waals surface area (Å²) < 4.78 is 5.64. The van der Waals surface area contributed by atoms with Gasteiger partial charge in [-0.15, -0.1) is 0 Å². The summed E-state index contributed by atoms with van der Waals surface area (Å²) in [6.45, 7) is 6.71. The topological polar surface area (TPSA) is 58.4 Å². The second-order valence-electron chi connectivity index (χ2n) is 6.05. The van der Waals surface area contributed by atoms with E-state index in [2.05, 4.69) is 10.3 Å². The van der Waals surface area contributed by atoms with E-state index in [0.29, 0.717) is 19.0 Å². The van der Waals surface area contributed by atoms with Crippen LogP contribution < -0.4 is 5.32 Å². The predicted molar refractivity (Wildman–Crippen MR) is 78.2 cm³/mol. The van der Waals surface area contributed by atoms with E-state index in [1.54, 1.807) is 0 Å². The third kappa shape index (κ3) is 4.06. The van der Waals surface area contributed by atoms with Crippen molar-refractivity contribution < 1.29 is 9.21 Å². The minimum absolute atomic E-state index is 0.00360. The van der Waals surface area contributed by atoms with E-state index in [1.165, 1.54) is 0 Å². The number of para-hydroxylation sites is 2. The van der Waals surface area contributed by atoms with Crippen LogP contribution in [0, 0.1) is 0 Å². The molecule has 5 heteroatoms. The average Bonchev–Trinajstić information content (AvgIpc) is 2.67. The molecule has 1 aromatic carbocycles. The Morgan fingerprint density at radius 3 is 2.70 bits per heavy atom. The van der Waals surface area contributed by atoms with Gasteiger partial charge >= 0.3 is 0 Å². The predicted octanol–water partition coefficient (Wildman–Crippen LogP) is 2.17. The molecule has 1 aromatic heterocycles. The molecule has 20 heavy (non-hydrogen) atoms. The number of hydrogen-bond acceptors (Lipinski definition) is 4. The highest BCUT2D eigenvalue weighted by Crippen LogP contribution is 2.15. The summed E-state index contributed by atoms with van der Waals surface area (Å²) in [4.78, 5) is 18.1. The highest BCUT2D eigenvalue weighted by molar-refractivity contribution is 5.78. The summed E-state index contributed by atoms with van der Waals surface area (Å²) >= 11 is 0. The molecule has 1 N–H and O–H groups in total. The molecule has 2 aromatic rings. The van der Waals surface area contributed by atoms with Gasteiger partial charge in [-0.1, -0.05) is 12.1 Å². The van der Waals surface area contributed by atoms with E-state index in [9.17, 15) is 4.79 Å². The Morgan fingerprint density at radius 1 is 1.35 bits per heavy atom. The summed E-state index contributed by atoms with van der Waals surface area (Å²) in [7, 11) is 1.87. The molecule has 0 aliphatic carbocycles. The van der Waals surface area contributed by atoms with Gasteiger partial charge < -0.3 is 9.73 Å². The molecule has 1 heterocycles. The summed E-state index contributed by atoms with van der Waals surface area (Å²) in [5, 5.41) is 2.93. The SMILES string of the molecule is CN(CC(=O)NC(C)(C)C)Cc1nc2ccccc2o1. The molecule has 0 spiro atoms. The van der Waals surface area contributed by atoms with E-state index in [-0.39, 0.29) is 11.4 Å². The molecular weight excluding hydrogens is 254 g/mol. The highest BCUT2D eigenvalue weighted by Gasteiger charge is 2.16. The monoisotopic (exact) mass is 275 g/mol. The Kier molecular flexibility index (Phi) is 4.09. The van der Waals surface area contributed by atoms with Crippen molar-refractivity contribution >= 4 is 17.0 Å². The number of hydrogen-bond donors (Lipinski definition) is 1. The maximum absolute atomic E-state index is 11.8. The molecule has 0 aliphatic heterocycles. The number of carbonyl (C=O) groups is 1. The lowest BCUT2D eigenvalue weighted by Gasteiger charge is -2.22. The van der Waals surface area contributed by atoms with E-state index < -0.39 is 0 Å². The first-order valence-corrected chi connectivity index (χ1v) is 6.67. The van der Waals surface area contributed by atoms with Gasteiger partial charge in [-0.25, -0.2) is 4.98 Å². The Balaban J connectivity index is 1.94. The minimum atomic E-state index is -0.213. The number of carbonyl (C=O) groups excluding carboxylic acids is 1. The van der Waals surface area contributed by atoms with Crippen LogP contribution in [0.4, 0.5) is 0 Å². The van der Waals surface area contributed by atoms with Crippen molar-refractivity contribution in [2.24, 2.45) is 0 Å². The maximum atomic E-state index is 11.8. The second kappa shape index (κ2) is 5.63. The maximum Gasteiger partial charge on any atom is 0.234 e. The lowest BCUT2D eigenvalue weighted by Crippen LogP contribution is -2.45. The van der Waals surface area contributed by atoms with Gasteiger partial charge in [0.05, 0.1) is 13.1 Å². The molecule has 0 saturated heterocycles. The number of fused-ring (bicyclic) bond motifs is 1. The van der Waals surface area contributed by atoms with Crippen molar-refractivity contribution in [2.45, 2.75) is 32.9 Å². The largest absolute Gasteiger partial charge is 0.439 e. The van der Waals surface area contributed by atoms with Gasteiger partial charge in [-0.2, -0.15) is 0 Å². The fraction of sp³-hybridized carbons (Fsp3) is 0.467.